The summed E-state index contributed by atoms with van der Waals surface area (Å²) in [7, 11) is 0. The molecule has 1 rings (SSSR count). The Morgan fingerprint density at radius 3 is 2.72 bits per heavy atom. The lowest BCUT2D eigenvalue weighted by Gasteiger charge is -2.17. The molecule has 4 nitrogen and oxygen atoms in total. The monoisotopic (exact) mass is 265 g/mol. The van der Waals surface area contributed by atoms with Crippen LogP contribution in [0.25, 0.3) is 0 Å². The Bertz CT molecular complexity index is 482. The third kappa shape index (κ3) is 3.84. The molecular formula is C13H15NO3S. The van der Waals surface area contributed by atoms with Gasteiger partial charge in [0.05, 0.1) is 17.7 Å². The number of hydrogen-bond acceptors (Lipinski definition) is 5. The second kappa shape index (κ2) is 6.55. The van der Waals surface area contributed by atoms with Gasteiger partial charge in [-0.15, -0.1) is 0 Å². The van der Waals surface area contributed by atoms with E-state index in [0.717, 1.165) is 17.3 Å². The van der Waals surface area contributed by atoms with Crippen LogP contribution in [0.1, 0.15) is 29.7 Å². The maximum Gasteiger partial charge on any atom is 0.185 e. The first-order valence-corrected chi connectivity index (χ1v) is 6.44. The molecule has 2 N–H and O–H groups in total. The standard InChI is InChI=1S/C13H15NO3S/c1-8-3-4-10(5-11(8)6-14)13(17)12(16)7-18-9(2)15/h3-5,12-13,16-17H,7H2,1-2H3. The number of carbonyl (C=O) groups is 1. The first-order valence-electron chi connectivity index (χ1n) is 5.46. The van der Waals surface area contributed by atoms with Gasteiger partial charge >= 0.3 is 0 Å². The molecule has 0 amide bonds. The molecule has 1 aromatic carbocycles. The van der Waals surface area contributed by atoms with Gasteiger partial charge in [0.15, 0.2) is 5.12 Å². The van der Waals surface area contributed by atoms with Crippen LogP contribution in [-0.4, -0.2) is 27.2 Å². The molecule has 18 heavy (non-hydrogen) atoms. The molecule has 2 unspecified atom stereocenters. The van der Waals surface area contributed by atoms with E-state index in [-0.39, 0.29) is 10.9 Å². The van der Waals surface area contributed by atoms with E-state index < -0.39 is 12.2 Å². The van der Waals surface area contributed by atoms with Gasteiger partial charge in [-0.2, -0.15) is 5.26 Å². The molecule has 0 aliphatic rings. The van der Waals surface area contributed by atoms with E-state index in [4.69, 9.17) is 5.26 Å². The SMILES string of the molecule is CC(=O)SCC(O)C(O)c1ccc(C)c(C#N)c1. The number of nitriles is 1. The summed E-state index contributed by atoms with van der Waals surface area (Å²) in [5, 5.41) is 28.5. The molecule has 1 aromatic rings. The smallest absolute Gasteiger partial charge is 0.185 e. The van der Waals surface area contributed by atoms with Crippen molar-refractivity contribution in [2.24, 2.45) is 0 Å². The fraction of sp³-hybridized carbons (Fsp3) is 0.385. The second-order valence-corrected chi connectivity index (χ2v) is 5.20. The van der Waals surface area contributed by atoms with Gasteiger partial charge in [-0.3, -0.25) is 4.79 Å². The lowest BCUT2D eigenvalue weighted by Crippen LogP contribution is -2.21. The number of nitrogens with zero attached hydrogens (tertiary/aromatic N) is 1. The molecule has 0 fully saturated rings. The molecule has 96 valence electrons. The van der Waals surface area contributed by atoms with Gasteiger partial charge in [-0.25, -0.2) is 0 Å². The van der Waals surface area contributed by atoms with E-state index in [1.54, 1.807) is 25.1 Å². The van der Waals surface area contributed by atoms with Gasteiger partial charge in [-0.1, -0.05) is 23.9 Å². The number of carbonyl (C=O) groups excluding carboxylic acids is 1. The van der Waals surface area contributed by atoms with E-state index in [1.165, 1.54) is 6.92 Å². The Labute approximate surface area is 110 Å². The van der Waals surface area contributed by atoms with Crippen molar-refractivity contribution in [1.29, 1.82) is 5.26 Å². The molecule has 0 saturated carbocycles. The van der Waals surface area contributed by atoms with Crippen LogP contribution in [0.3, 0.4) is 0 Å². The summed E-state index contributed by atoms with van der Waals surface area (Å²) in [6.07, 6.45) is -2.13. The van der Waals surface area contributed by atoms with Gasteiger partial charge in [-0.05, 0) is 24.1 Å². The van der Waals surface area contributed by atoms with Crippen LogP contribution in [0.4, 0.5) is 0 Å². The van der Waals surface area contributed by atoms with Crippen LogP contribution in [0.15, 0.2) is 18.2 Å². The number of aliphatic hydroxyl groups excluding tert-OH is 2. The van der Waals surface area contributed by atoms with Crippen LogP contribution in [0.2, 0.25) is 0 Å². The van der Waals surface area contributed by atoms with Gasteiger partial charge in [0, 0.05) is 12.7 Å². The molecule has 0 heterocycles. The van der Waals surface area contributed by atoms with Gasteiger partial charge in [0.1, 0.15) is 6.10 Å². The Kier molecular flexibility index (Phi) is 5.35. The van der Waals surface area contributed by atoms with E-state index in [1.807, 2.05) is 6.07 Å². The Hall–Kier alpha value is -1.35. The Morgan fingerprint density at radius 1 is 1.50 bits per heavy atom. The maximum absolute atomic E-state index is 10.8. The van der Waals surface area contributed by atoms with Crippen LogP contribution in [0, 0.1) is 18.3 Å². The quantitative estimate of drug-likeness (QED) is 0.863. The minimum absolute atomic E-state index is 0.108. The van der Waals surface area contributed by atoms with Crippen molar-refractivity contribution in [2.45, 2.75) is 26.1 Å². The Balaban J connectivity index is 2.80. The van der Waals surface area contributed by atoms with Crippen molar-refractivity contribution in [3.63, 3.8) is 0 Å². The van der Waals surface area contributed by atoms with E-state index in [2.05, 4.69) is 0 Å². The van der Waals surface area contributed by atoms with Crippen LogP contribution in [0.5, 0.6) is 0 Å². The highest BCUT2D eigenvalue weighted by Gasteiger charge is 2.19. The van der Waals surface area contributed by atoms with Crippen molar-refractivity contribution in [1.82, 2.24) is 0 Å². The van der Waals surface area contributed by atoms with Gasteiger partial charge in [0.2, 0.25) is 0 Å². The maximum atomic E-state index is 10.8. The fourth-order valence-electron chi connectivity index (χ4n) is 1.46. The summed E-state index contributed by atoms with van der Waals surface area (Å²) in [6.45, 7) is 3.21. The minimum atomic E-state index is -1.09. The number of hydrogen-bond donors (Lipinski definition) is 2. The predicted octanol–water partition coefficient (Wildman–Crippen LogP) is 1.54. The molecule has 0 bridgehead atoms. The zero-order valence-corrected chi connectivity index (χ0v) is 11.1. The molecule has 0 aliphatic heterocycles. The average molecular weight is 265 g/mol. The second-order valence-electron chi connectivity index (χ2n) is 4.00. The van der Waals surface area contributed by atoms with Crippen molar-refractivity contribution < 1.29 is 15.0 Å². The molecule has 0 aliphatic carbocycles. The molecule has 2 atom stereocenters. The van der Waals surface area contributed by atoms with E-state index in [0.29, 0.717) is 11.1 Å². The third-order valence-corrected chi connectivity index (χ3v) is 3.46. The first kappa shape index (κ1) is 14.7. The van der Waals surface area contributed by atoms with Crippen molar-refractivity contribution >= 4 is 16.9 Å². The number of rotatable bonds is 4. The highest BCUT2D eigenvalue weighted by molar-refractivity contribution is 8.13. The van der Waals surface area contributed by atoms with Crippen LogP contribution < -0.4 is 0 Å². The number of benzene rings is 1. The Morgan fingerprint density at radius 2 is 2.17 bits per heavy atom. The lowest BCUT2D eigenvalue weighted by molar-refractivity contribution is -0.109. The summed E-state index contributed by atoms with van der Waals surface area (Å²) < 4.78 is 0. The van der Waals surface area contributed by atoms with Gasteiger partial charge < -0.3 is 10.2 Å². The molecular weight excluding hydrogens is 250 g/mol. The lowest BCUT2D eigenvalue weighted by atomic mass is 10.00. The van der Waals surface area contributed by atoms with Crippen molar-refractivity contribution in [3.8, 4) is 6.07 Å². The van der Waals surface area contributed by atoms with Crippen LogP contribution in [-0.2, 0) is 4.79 Å². The van der Waals surface area contributed by atoms with Crippen molar-refractivity contribution in [3.05, 3.63) is 34.9 Å². The van der Waals surface area contributed by atoms with E-state index in [9.17, 15) is 15.0 Å². The highest BCUT2D eigenvalue weighted by Crippen LogP contribution is 2.22. The third-order valence-electron chi connectivity index (χ3n) is 2.55. The molecule has 0 radical (unpaired) electrons. The average Bonchev–Trinajstić information content (AvgIpc) is 2.35. The normalized spacial score (nSPS) is 13.7. The summed E-state index contributed by atoms with van der Waals surface area (Å²) in [5.74, 6) is 0.131. The molecule has 5 heteroatoms. The molecule has 0 saturated heterocycles. The molecule has 0 spiro atoms. The van der Waals surface area contributed by atoms with E-state index >= 15 is 0 Å². The first-order chi connectivity index (χ1) is 8.45. The topological polar surface area (TPSA) is 81.3 Å². The number of aliphatic hydroxyl groups is 2. The minimum Gasteiger partial charge on any atom is -0.389 e. The summed E-state index contributed by atoms with van der Waals surface area (Å²) in [4.78, 5) is 10.8. The zero-order chi connectivity index (χ0) is 13.7. The summed E-state index contributed by atoms with van der Waals surface area (Å²) in [6, 6.07) is 6.98. The summed E-state index contributed by atoms with van der Waals surface area (Å²) >= 11 is 0.962. The fourth-order valence-corrected chi connectivity index (χ4v) is 2.05. The van der Waals surface area contributed by atoms with Crippen LogP contribution >= 0.6 is 11.8 Å². The zero-order valence-electron chi connectivity index (χ0n) is 10.3. The van der Waals surface area contributed by atoms with Crippen molar-refractivity contribution in [2.75, 3.05) is 5.75 Å². The highest BCUT2D eigenvalue weighted by atomic mass is 32.2. The molecule has 0 aromatic heterocycles. The van der Waals surface area contributed by atoms with Gasteiger partial charge in [0.25, 0.3) is 0 Å². The summed E-state index contributed by atoms with van der Waals surface area (Å²) in [5.41, 5.74) is 1.77. The number of aryl methyl sites for hydroxylation is 1. The number of thioether (sulfide) groups is 1. The largest absolute Gasteiger partial charge is 0.389 e. The predicted molar refractivity (Wildman–Crippen MR) is 70.0 cm³/mol.